The number of rotatable bonds is 7. The van der Waals surface area contributed by atoms with Crippen LogP contribution in [0.4, 0.5) is 5.69 Å². The third-order valence-electron chi connectivity index (χ3n) is 4.66. The van der Waals surface area contributed by atoms with Crippen molar-refractivity contribution in [1.82, 2.24) is 9.97 Å². The van der Waals surface area contributed by atoms with Gasteiger partial charge in [0.1, 0.15) is 17.6 Å². The van der Waals surface area contributed by atoms with Gasteiger partial charge < -0.3 is 14.5 Å². The number of aromatic nitrogens is 2. The predicted molar refractivity (Wildman–Crippen MR) is 114 cm³/mol. The van der Waals surface area contributed by atoms with Crippen molar-refractivity contribution in [2.45, 2.75) is 27.7 Å². The van der Waals surface area contributed by atoms with Gasteiger partial charge >= 0.3 is 5.69 Å². The number of allylic oxidation sites excluding steroid dienone is 1. The lowest BCUT2D eigenvalue weighted by Crippen LogP contribution is -2.01. The predicted octanol–water partition coefficient (Wildman–Crippen LogP) is 4.95. The Morgan fingerprint density at radius 1 is 1.17 bits per heavy atom. The monoisotopic (exact) mass is 406 g/mol. The van der Waals surface area contributed by atoms with Gasteiger partial charge in [-0.25, -0.2) is 4.98 Å². The molecule has 0 saturated heterocycles. The number of H-pyrrole nitrogens is 1. The van der Waals surface area contributed by atoms with Crippen molar-refractivity contribution in [3.8, 4) is 17.6 Å². The van der Waals surface area contributed by atoms with E-state index in [-0.39, 0.29) is 23.6 Å². The molecule has 1 heterocycles. The summed E-state index contributed by atoms with van der Waals surface area (Å²) in [7, 11) is 0. The van der Waals surface area contributed by atoms with Crippen LogP contribution in [-0.4, -0.2) is 28.1 Å². The zero-order chi connectivity index (χ0) is 21.8. The summed E-state index contributed by atoms with van der Waals surface area (Å²) in [6.07, 6.45) is 1.53. The Bertz CT molecular complexity index is 1150. The highest BCUT2D eigenvalue weighted by Crippen LogP contribution is 2.36. The van der Waals surface area contributed by atoms with Crippen molar-refractivity contribution < 1.29 is 14.4 Å². The summed E-state index contributed by atoms with van der Waals surface area (Å²) >= 11 is 0. The number of nitriles is 1. The van der Waals surface area contributed by atoms with E-state index in [0.717, 1.165) is 22.2 Å². The van der Waals surface area contributed by atoms with Gasteiger partial charge in [-0.3, -0.25) is 10.1 Å². The van der Waals surface area contributed by atoms with Crippen LogP contribution < -0.4 is 9.47 Å². The maximum absolute atomic E-state index is 11.5. The van der Waals surface area contributed by atoms with Gasteiger partial charge in [-0.05, 0) is 57.0 Å². The molecule has 0 fully saturated rings. The largest absolute Gasteiger partial charge is 0.493 e. The molecule has 154 valence electrons. The van der Waals surface area contributed by atoms with E-state index < -0.39 is 4.92 Å². The SMILES string of the molecule is CCOc1cc(OCC)c([N+](=O)[O-])cc1/C=C(/C#N)c1nc2cc(C)c(C)cc2[nH]1. The second-order valence-electron chi connectivity index (χ2n) is 6.69. The smallest absolute Gasteiger partial charge is 0.311 e. The summed E-state index contributed by atoms with van der Waals surface area (Å²) in [6.45, 7) is 8.19. The van der Waals surface area contributed by atoms with E-state index in [4.69, 9.17) is 9.47 Å². The van der Waals surface area contributed by atoms with Crippen molar-refractivity contribution in [1.29, 1.82) is 5.26 Å². The van der Waals surface area contributed by atoms with Crippen LogP contribution in [0.2, 0.25) is 0 Å². The summed E-state index contributed by atoms with van der Waals surface area (Å²) in [5, 5.41) is 21.2. The highest BCUT2D eigenvalue weighted by atomic mass is 16.6. The number of nitro benzene ring substituents is 1. The zero-order valence-corrected chi connectivity index (χ0v) is 17.3. The summed E-state index contributed by atoms with van der Waals surface area (Å²) in [6, 6.07) is 8.89. The third kappa shape index (κ3) is 4.10. The number of nitrogens with zero attached hydrogens (tertiary/aromatic N) is 3. The first-order valence-corrected chi connectivity index (χ1v) is 9.55. The summed E-state index contributed by atoms with van der Waals surface area (Å²) in [5.74, 6) is 0.898. The molecule has 0 amide bonds. The van der Waals surface area contributed by atoms with Crippen molar-refractivity contribution >= 4 is 28.4 Å². The van der Waals surface area contributed by atoms with E-state index in [9.17, 15) is 15.4 Å². The molecule has 0 aliphatic heterocycles. The lowest BCUT2D eigenvalue weighted by molar-refractivity contribution is -0.385. The van der Waals surface area contributed by atoms with Crippen molar-refractivity contribution in [2.24, 2.45) is 0 Å². The molecule has 8 heteroatoms. The maximum atomic E-state index is 11.5. The quantitative estimate of drug-likeness (QED) is 0.337. The van der Waals surface area contributed by atoms with Gasteiger partial charge in [0.2, 0.25) is 5.75 Å². The number of nitrogens with one attached hydrogen (secondary N) is 1. The van der Waals surface area contributed by atoms with Gasteiger partial charge in [-0.1, -0.05) is 0 Å². The summed E-state index contributed by atoms with van der Waals surface area (Å²) in [4.78, 5) is 18.7. The van der Waals surface area contributed by atoms with Crippen LogP contribution >= 0.6 is 0 Å². The van der Waals surface area contributed by atoms with Gasteiger partial charge in [0, 0.05) is 17.7 Å². The molecular formula is C22H22N4O4. The molecule has 0 atom stereocenters. The number of nitro groups is 1. The van der Waals surface area contributed by atoms with Crippen LogP contribution in [0.25, 0.3) is 22.7 Å². The van der Waals surface area contributed by atoms with Gasteiger partial charge in [0.25, 0.3) is 0 Å². The third-order valence-corrected chi connectivity index (χ3v) is 4.66. The number of fused-ring (bicyclic) bond motifs is 1. The topological polar surface area (TPSA) is 114 Å². The molecular weight excluding hydrogens is 384 g/mol. The van der Waals surface area contributed by atoms with Crippen LogP contribution in [0, 0.1) is 35.3 Å². The Labute approximate surface area is 173 Å². The Morgan fingerprint density at radius 2 is 1.83 bits per heavy atom. The van der Waals surface area contributed by atoms with E-state index in [0.29, 0.717) is 23.7 Å². The van der Waals surface area contributed by atoms with E-state index in [1.165, 1.54) is 18.2 Å². The molecule has 1 N–H and O–H groups in total. The molecule has 2 aromatic carbocycles. The first kappa shape index (κ1) is 20.9. The Kier molecular flexibility index (Phi) is 6.02. The minimum atomic E-state index is -0.517. The van der Waals surface area contributed by atoms with E-state index in [2.05, 4.69) is 16.0 Å². The van der Waals surface area contributed by atoms with Crippen LogP contribution in [0.1, 0.15) is 36.4 Å². The number of benzene rings is 2. The number of hydrogen-bond acceptors (Lipinski definition) is 6. The molecule has 8 nitrogen and oxygen atoms in total. The van der Waals surface area contributed by atoms with Crippen LogP contribution in [0.15, 0.2) is 24.3 Å². The molecule has 0 aliphatic rings. The number of ether oxygens (including phenoxy) is 2. The van der Waals surface area contributed by atoms with E-state index >= 15 is 0 Å². The molecule has 0 aliphatic carbocycles. The highest BCUT2D eigenvalue weighted by molar-refractivity contribution is 5.92. The molecule has 3 aromatic rings. The molecule has 0 unspecified atom stereocenters. The number of imidazole rings is 1. The van der Waals surface area contributed by atoms with Crippen LogP contribution in [-0.2, 0) is 0 Å². The first-order valence-electron chi connectivity index (χ1n) is 9.55. The van der Waals surface area contributed by atoms with Crippen molar-refractivity contribution in [2.75, 3.05) is 13.2 Å². The second-order valence-corrected chi connectivity index (χ2v) is 6.69. The van der Waals surface area contributed by atoms with Crippen molar-refractivity contribution in [3.63, 3.8) is 0 Å². The lowest BCUT2D eigenvalue weighted by atomic mass is 10.1. The number of aromatic amines is 1. The number of aryl methyl sites for hydroxylation is 2. The van der Waals surface area contributed by atoms with Gasteiger partial charge in [0.05, 0.1) is 34.7 Å². The average Bonchev–Trinajstić information content (AvgIpc) is 3.10. The molecule has 3 rings (SSSR count). The Morgan fingerprint density at radius 3 is 2.47 bits per heavy atom. The minimum Gasteiger partial charge on any atom is -0.493 e. The molecule has 0 saturated carbocycles. The minimum absolute atomic E-state index is 0.122. The second kappa shape index (κ2) is 8.66. The molecule has 0 bridgehead atoms. The molecule has 1 aromatic heterocycles. The fourth-order valence-corrected chi connectivity index (χ4v) is 3.08. The summed E-state index contributed by atoms with van der Waals surface area (Å²) < 4.78 is 11.0. The Balaban J connectivity index is 2.16. The number of hydrogen-bond donors (Lipinski definition) is 1. The fraction of sp³-hybridized carbons (Fsp3) is 0.273. The fourth-order valence-electron chi connectivity index (χ4n) is 3.08. The Hall–Kier alpha value is -3.86. The van der Waals surface area contributed by atoms with Gasteiger partial charge in [-0.15, -0.1) is 0 Å². The van der Waals surface area contributed by atoms with Crippen LogP contribution in [0.3, 0.4) is 0 Å². The van der Waals surface area contributed by atoms with Gasteiger partial charge in [0.15, 0.2) is 0 Å². The normalized spacial score (nSPS) is 11.4. The highest BCUT2D eigenvalue weighted by Gasteiger charge is 2.20. The lowest BCUT2D eigenvalue weighted by Gasteiger charge is -2.11. The van der Waals surface area contributed by atoms with E-state index in [1.807, 2.05) is 32.9 Å². The van der Waals surface area contributed by atoms with Gasteiger partial charge in [-0.2, -0.15) is 5.26 Å². The molecule has 0 radical (unpaired) electrons. The summed E-state index contributed by atoms with van der Waals surface area (Å²) in [5.41, 5.74) is 4.22. The first-order chi connectivity index (χ1) is 14.4. The molecule has 0 spiro atoms. The molecule has 30 heavy (non-hydrogen) atoms. The standard InChI is InChI=1S/C22H22N4O4/c1-5-29-20-11-21(30-6-2)19(26(27)28)10-15(20)9-16(12-23)22-24-17-7-13(3)14(4)8-18(17)25-22/h7-11H,5-6H2,1-4H3,(H,24,25)/b16-9-. The van der Waals surface area contributed by atoms with E-state index in [1.54, 1.807) is 6.92 Å². The average molecular weight is 406 g/mol. The maximum Gasteiger partial charge on any atom is 0.311 e. The van der Waals surface area contributed by atoms with Crippen molar-refractivity contribution in [3.05, 3.63) is 56.9 Å². The zero-order valence-electron chi connectivity index (χ0n) is 17.3. The van der Waals surface area contributed by atoms with Crippen LogP contribution in [0.5, 0.6) is 11.5 Å².